The molecule has 6 nitrogen and oxygen atoms in total. The molecule has 1 amide bonds. The number of nitrogens with one attached hydrogen (secondary N) is 1. The number of ether oxygens (including phenoxy) is 1. The molecule has 0 bridgehead atoms. The van der Waals surface area contributed by atoms with Crippen molar-refractivity contribution >= 4 is 23.2 Å². The Morgan fingerprint density at radius 1 is 1.17 bits per heavy atom. The number of pyridine rings is 1. The Labute approximate surface area is 175 Å². The highest BCUT2D eigenvalue weighted by Gasteiger charge is 2.18. The first kappa shape index (κ1) is 19.9. The average Bonchev–Trinajstić information content (AvgIpc) is 3.11. The van der Waals surface area contributed by atoms with E-state index in [0.29, 0.717) is 29.3 Å². The highest BCUT2D eigenvalue weighted by atomic mass is 35.5. The lowest BCUT2D eigenvalue weighted by molar-refractivity contribution is 0.0342. The molecule has 1 saturated heterocycles. The van der Waals surface area contributed by atoms with Crippen molar-refractivity contribution in [1.29, 1.82) is 0 Å². The lowest BCUT2D eigenvalue weighted by atomic mass is 10.1. The minimum atomic E-state index is -0.130. The number of carbonyl (C=O) groups is 1. The molecule has 1 N–H and O–H groups in total. The van der Waals surface area contributed by atoms with Crippen LogP contribution in [0.25, 0.3) is 5.65 Å². The fraction of sp³-hybridized carbons (Fsp3) is 0.364. The predicted octanol–water partition coefficient (Wildman–Crippen LogP) is 3.31. The summed E-state index contributed by atoms with van der Waals surface area (Å²) in [6.45, 7) is 6.96. The number of hydrogen-bond donors (Lipinski definition) is 1. The van der Waals surface area contributed by atoms with E-state index in [4.69, 9.17) is 16.3 Å². The van der Waals surface area contributed by atoms with Crippen molar-refractivity contribution < 1.29 is 9.53 Å². The fourth-order valence-corrected chi connectivity index (χ4v) is 3.76. The summed E-state index contributed by atoms with van der Waals surface area (Å²) >= 11 is 6.06. The molecule has 4 rings (SSSR count). The van der Waals surface area contributed by atoms with Crippen LogP contribution in [0, 0.1) is 0 Å². The van der Waals surface area contributed by atoms with Crippen LogP contribution in [0.5, 0.6) is 0 Å². The van der Waals surface area contributed by atoms with Crippen LogP contribution in [0.1, 0.15) is 34.2 Å². The van der Waals surface area contributed by atoms with Gasteiger partial charge in [0.2, 0.25) is 0 Å². The number of morpholine rings is 1. The Morgan fingerprint density at radius 2 is 1.90 bits per heavy atom. The van der Waals surface area contributed by atoms with Crippen LogP contribution < -0.4 is 5.32 Å². The summed E-state index contributed by atoms with van der Waals surface area (Å²) in [5.41, 5.74) is 4.37. The van der Waals surface area contributed by atoms with Gasteiger partial charge in [0.15, 0.2) is 0 Å². The number of benzene rings is 1. The molecular weight excluding hydrogens is 388 g/mol. The lowest BCUT2D eigenvalue weighted by Crippen LogP contribution is -2.35. The molecule has 2 aromatic heterocycles. The summed E-state index contributed by atoms with van der Waals surface area (Å²) in [4.78, 5) is 19.8. The molecule has 152 valence electrons. The minimum Gasteiger partial charge on any atom is -0.379 e. The molecule has 3 aromatic rings. The number of fused-ring (bicyclic) bond motifs is 1. The van der Waals surface area contributed by atoms with Gasteiger partial charge >= 0.3 is 0 Å². The maximum atomic E-state index is 12.9. The highest BCUT2D eigenvalue weighted by molar-refractivity contribution is 6.30. The molecular formula is C22H25ClN4O2. The summed E-state index contributed by atoms with van der Waals surface area (Å²) in [5.74, 6) is -0.130. The van der Waals surface area contributed by atoms with Crippen molar-refractivity contribution in [2.24, 2.45) is 0 Å². The van der Waals surface area contributed by atoms with Crippen molar-refractivity contribution in [1.82, 2.24) is 19.6 Å². The van der Waals surface area contributed by atoms with Crippen LogP contribution in [-0.2, 0) is 24.2 Å². The number of carbonyl (C=O) groups excluding carboxylic acids is 1. The molecule has 1 aliphatic heterocycles. The van der Waals surface area contributed by atoms with E-state index in [0.717, 1.165) is 44.1 Å². The molecule has 0 radical (unpaired) electrons. The first-order chi connectivity index (χ1) is 14.1. The second-order valence-corrected chi connectivity index (χ2v) is 7.66. The number of aromatic nitrogens is 2. The van der Waals surface area contributed by atoms with Crippen molar-refractivity contribution in [3.63, 3.8) is 0 Å². The van der Waals surface area contributed by atoms with E-state index in [-0.39, 0.29) is 5.91 Å². The molecule has 0 spiro atoms. The Hall–Kier alpha value is -2.41. The number of aryl methyl sites for hydroxylation is 1. The third-order valence-electron chi connectivity index (χ3n) is 5.20. The Bertz CT molecular complexity index is 994. The first-order valence-corrected chi connectivity index (χ1v) is 10.3. The van der Waals surface area contributed by atoms with E-state index < -0.39 is 0 Å². The van der Waals surface area contributed by atoms with E-state index in [1.807, 2.05) is 6.92 Å². The maximum absolute atomic E-state index is 12.9. The molecule has 1 aromatic carbocycles. The molecule has 0 aliphatic carbocycles. The van der Waals surface area contributed by atoms with Crippen molar-refractivity contribution in [2.75, 3.05) is 26.3 Å². The molecule has 0 unspecified atom stereocenters. The number of nitrogens with zero attached hydrogens (tertiary/aromatic N) is 3. The summed E-state index contributed by atoms with van der Waals surface area (Å²) in [6, 6.07) is 11.9. The fourth-order valence-electron chi connectivity index (χ4n) is 3.60. The largest absolute Gasteiger partial charge is 0.379 e. The van der Waals surface area contributed by atoms with Gasteiger partial charge in [0.25, 0.3) is 5.91 Å². The van der Waals surface area contributed by atoms with Gasteiger partial charge in [-0.15, -0.1) is 0 Å². The molecule has 3 heterocycles. The third-order valence-corrected chi connectivity index (χ3v) is 5.43. The standard InChI is InChI=1S/C22H25ClN4O2/c1-2-19-21(27-8-7-18(23)13-20(27)25-19)22(28)24-14-16-3-5-17(6-4-16)15-26-9-11-29-12-10-26/h3-8,13H,2,9-12,14-15H2,1H3,(H,24,28). The SMILES string of the molecule is CCc1nc2cc(Cl)ccn2c1C(=O)NCc1ccc(CN2CCOCC2)cc1. The zero-order chi connectivity index (χ0) is 20.2. The van der Waals surface area contributed by atoms with Gasteiger partial charge in [-0.3, -0.25) is 14.1 Å². The lowest BCUT2D eigenvalue weighted by Gasteiger charge is -2.26. The van der Waals surface area contributed by atoms with Gasteiger partial charge < -0.3 is 10.1 Å². The molecule has 29 heavy (non-hydrogen) atoms. The smallest absolute Gasteiger partial charge is 0.270 e. The first-order valence-electron chi connectivity index (χ1n) is 9.96. The topological polar surface area (TPSA) is 58.9 Å². The molecule has 0 saturated carbocycles. The number of hydrogen-bond acceptors (Lipinski definition) is 4. The van der Waals surface area contributed by atoms with Gasteiger partial charge in [0.1, 0.15) is 11.3 Å². The van der Waals surface area contributed by atoms with Crippen molar-refractivity contribution in [3.05, 3.63) is 70.1 Å². The van der Waals surface area contributed by atoms with E-state index in [9.17, 15) is 4.79 Å². The zero-order valence-corrected chi connectivity index (χ0v) is 17.3. The van der Waals surface area contributed by atoms with Crippen LogP contribution in [0.3, 0.4) is 0 Å². The van der Waals surface area contributed by atoms with Crippen LogP contribution >= 0.6 is 11.6 Å². The number of rotatable bonds is 6. The van der Waals surface area contributed by atoms with Crippen molar-refractivity contribution in [3.8, 4) is 0 Å². The molecule has 7 heteroatoms. The normalized spacial score (nSPS) is 15.0. The molecule has 0 atom stereocenters. The summed E-state index contributed by atoms with van der Waals surface area (Å²) in [5, 5.41) is 3.63. The summed E-state index contributed by atoms with van der Waals surface area (Å²) < 4.78 is 7.19. The number of imidazole rings is 1. The Balaban J connectivity index is 1.41. The van der Waals surface area contributed by atoms with Crippen molar-refractivity contribution in [2.45, 2.75) is 26.4 Å². The second kappa shape index (κ2) is 8.95. The van der Waals surface area contributed by atoms with E-state index in [1.165, 1.54) is 5.56 Å². The predicted molar refractivity (Wildman–Crippen MR) is 113 cm³/mol. The van der Waals surface area contributed by atoms with E-state index in [2.05, 4.69) is 39.5 Å². The van der Waals surface area contributed by atoms with Crippen LogP contribution in [-0.4, -0.2) is 46.5 Å². The zero-order valence-electron chi connectivity index (χ0n) is 16.5. The summed E-state index contributed by atoms with van der Waals surface area (Å²) in [6.07, 6.45) is 2.47. The molecule has 1 aliphatic rings. The number of halogens is 1. The van der Waals surface area contributed by atoms with Gasteiger partial charge in [-0.25, -0.2) is 4.98 Å². The summed E-state index contributed by atoms with van der Waals surface area (Å²) in [7, 11) is 0. The van der Waals surface area contributed by atoms with Gasteiger partial charge in [-0.05, 0) is 23.6 Å². The number of amides is 1. The van der Waals surface area contributed by atoms with Crippen LogP contribution in [0.4, 0.5) is 0 Å². The average molecular weight is 413 g/mol. The van der Waals surface area contributed by atoms with Crippen LogP contribution in [0.15, 0.2) is 42.6 Å². The monoisotopic (exact) mass is 412 g/mol. The van der Waals surface area contributed by atoms with E-state index in [1.54, 1.807) is 22.7 Å². The minimum absolute atomic E-state index is 0.130. The highest BCUT2D eigenvalue weighted by Crippen LogP contribution is 2.18. The second-order valence-electron chi connectivity index (χ2n) is 7.22. The third kappa shape index (κ3) is 4.61. The quantitative estimate of drug-likeness (QED) is 0.674. The molecule has 1 fully saturated rings. The Kier molecular flexibility index (Phi) is 6.13. The van der Waals surface area contributed by atoms with Gasteiger partial charge in [-0.2, -0.15) is 0 Å². The van der Waals surface area contributed by atoms with E-state index >= 15 is 0 Å². The van der Waals surface area contributed by atoms with Crippen LogP contribution in [0.2, 0.25) is 5.02 Å². The van der Waals surface area contributed by atoms with Gasteiger partial charge in [-0.1, -0.05) is 42.8 Å². The maximum Gasteiger partial charge on any atom is 0.270 e. The van der Waals surface area contributed by atoms with Gasteiger partial charge in [0.05, 0.1) is 18.9 Å². The van der Waals surface area contributed by atoms with Gasteiger partial charge in [0, 0.05) is 43.5 Å². The Morgan fingerprint density at radius 3 is 2.62 bits per heavy atom.